The molecule has 0 aliphatic rings. The Hall–Kier alpha value is -0.420. The topological polar surface area (TPSA) is 46.3 Å². The van der Waals surface area contributed by atoms with Crippen LogP contribution in [0.4, 0.5) is 0 Å². The molecule has 0 saturated carbocycles. The summed E-state index contributed by atoms with van der Waals surface area (Å²) in [5.41, 5.74) is 5.53. The van der Waals surface area contributed by atoms with E-state index in [9.17, 15) is 4.79 Å². The monoisotopic (exact) mass is 322 g/mol. The van der Waals surface area contributed by atoms with E-state index in [1.54, 1.807) is 23.7 Å². The van der Waals surface area contributed by atoms with Crippen molar-refractivity contribution < 1.29 is 4.79 Å². The van der Waals surface area contributed by atoms with Gasteiger partial charge in [0.25, 0.3) is 0 Å². The predicted molar refractivity (Wildman–Crippen MR) is 85.3 cm³/mol. The predicted octanol–water partition coefficient (Wildman–Crippen LogP) is 3.05. The van der Waals surface area contributed by atoms with Crippen LogP contribution in [-0.4, -0.2) is 36.2 Å². The zero-order valence-electron chi connectivity index (χ0n) is 11.1. The van der Waals surface area contributed by atoms with Crippen molar-refractivity contribution in [1.29, 1.82) is 0 Å². The third-order valence-electron chi connectivity index (χ3n) is 2.81. The van der Waals surface area contributed by atoms with E-state index >= 15 is 0 Å². The van der Waals surface area contributed by atoms with Gasteiger partial charge in [-0.15, -0.1) is 24.2 Å². The number of rotatable bonds is 6. The standard InChI is InChI=1S/C13H19ClN2OS.ClH/c1-10(9-15)16(2)13(17)7-8-18-12-6-4-3-5-11(12)14;/h3-6,10H,7-9,15H2,1-2H3;1H. The zero-order chi connectivity index (χ0) is 13.5. The molecule has 0 spiro atoms. The fourth-order valence-corrected chi connectivity index (χ4v) is 2.57. The lowest BCUT2D eigenvalue weighted by Gasteiger charge is -2.23. The Labute approximate surface area is 130 Å². The van der Waals surface area contributed by atoms with E-state index in [1.807, 2.05) is 31.2 Å². The first-order chi connectivity index (χ1) is 8.56. The average Bonchev–Trinajstić information content (AvgIpc) is 2.39. The van der Waals surface area contributed by atoms with Crippen LogP contribution in [0.3, 0.4) is 0 Å². The van der Waals surface area contributed by atoms with Crippen LogP contribution in [0, 0.1) is 0 Å². The van der Waals surface area contributed by atoms with Crippen LogP contribution in [0.2, 0.25) is 5.02 Å². The van der Waals surface area contributed by atoms with Crippen LogP contribution in [-0.2, 0) is 4.79 Å². The first-order valence-electron chi connectivity index (χ1n) is 5.89. The molecule has 0 heterocycles. The number of benzene rings is 1. The Balaban J connectivity index is 0.00000324. The van der Waals surface area contributed by atoms with Gasteiger partial charge in [0.2, 0.25) is 5.91 Å². The van der Waals surface area contributed by atoms with E-state index in [4.69, 9.17) is 17.3 Å². The summed E-state index contributed by atoms with van der Waals surface area (Å²) in [4.78, 5) is 14.6. The Morgan fingerprint density at radius 2 is 2.11 bits per heavy atom. The highest BCUT2D eigenvalue weighted by Gasteiger charge is 2.14. The third-order valence-corrected chi connectivity index (χ3v) is 4.32. The molecule has 0 saturated heterocycles. The molecule has 0 aromatic heterocycles. The third kappa shape index (κ3) is 6.04. The number of thioether (sulfide) groups is 1. The minimum atomic E-state index is 0. The smallest absolute Gasteiger partial charge is 0.223 e. The molecule has 1 atom stereocenters. The summed E-state index contributed by atoms with van der Waals surface area (Å²) in [5.74, 6) is 0.844. The molecule has 1 aromatic carbocycles. The molecule has 0 aliphatic carbocycles. The average molecular weight is 323 g/mol. The number of hydrogen-bond acceptors (Lipinski definition) is 3. The van der Waals surface area contributed by atoms with Gasteiger partial charge in [-0.1, -0.05) is 23.7 Å². The van der Waals surface area contributed by atoms with E-state index in [-0.39, 0.29) is 24.4 Å². The summed E-state index contributed by atoms with van der Waals surface area (Å²) in [6.45, 7) is 2.43. The molecule has 6 heteroatoms. The second-order valence-electron chi connectivity index (χ2n) is 4.12. The van der Waals surface area contributed by atoms with E-state index in [2.05, 4.69) is 0 Å². The fraction of sp³-hybridized carbons (Fsp3) is 0.462. The van der Waals surface area contributed by atoms with E-state index in [0.717, 1.165) is 15.7 Å². The molecule has 0 bridgehead atoms. The van der Waals surface area contributed by atoms with Gasteiger partial charge in [-0.25, -0.2) is 0 Å². The number of nitrogens with two attached hydrogens (primary N) is 1. The summed E-state index contributed by atoms with van der Waals surface area (Å²) in [6, 6.07) is 7.74. The van der Waals surface area contributed by atoms with Crippen molar-refractivity contribution in [3.8, 4) is 0 Å². The summed E-state index contributed by atoms with van der Waals surface area (Å²) >= 11 is 7.64. The molecule has 1 amide bonds. The van der Waals surface area contributed by atoms with Gasteiger partial charge in [-0.2, -0.15) is 0 Å². The van der Waals surface area contributed by atoms with Gasteiger partial charge in [0.15, 0.2) is 0 Å². The van der Waals surface area contributed by atoms with Crippen LogP contribution in [0.1, 0.15) is 13.3 Å². The first kappa shape index (κ1) is 18.6. The molecule has 3 nitrogen and oxygen atoms in total. The van der Waals surface area contributed by atoms with Crippen molar-refractivity contribution in [2.24, 2.45) is 5.73 Å². The Morgan fingerprint density at radius 3 is 2.68 bits per heavy atom. The minimum absolute atomic E-state index is 0. The Morgan fingerprint density at radius 1 is 1.47 bits per heavy atom. The van der Waals surface area contributed by atoms with Gasteiger partial charge < -0.3 is 10.6 Å². The summed E-state index contributed by atoms with van der Waals surface area (Å²) in [6.07, 6.45) is 0.497. The fourth-order valence-electron chi connectivity index (χ4n) is 1.39. The molecule has 0 fully saturated rings. The van der Waals surface area contributed by atoms with E-state index < -0.39 is 0 Å². The molecular weight excluding hydrogens is 303 g/mol. The first-order valence-corrected chi connectivity index (χ1v) is 7.25. The maximum atomic E-state index is 11.8. The highest BCUT2D eigenvalue weighted by atomic mass is 35.5. The van der Waals surface area contributed by atoms with Gasteiger partial charge in [0, 0.05) is 36.7 Å². The van der Waals surface area contributed by atoms with Gasteiger partial charge >= 0.3 is 0 Å². The number of likely N-dealkylation sites (N-methyl/N-ethyl adjacent to an activating group) is 1. The molecule has 108 valence electrons. The lowest BCUT2D eigenvalue weighted by molar-refractivity contribution is -0.131. The van der Waals surface area contributed by atoms with Gasteiger partial charge in [0.1, 0.15) is 0 Å². The molecule has 19 heavy (non-hydrogen) atoms. The van der Waals surface area contributed by atoms with Gasteiger partial charge in [0.05, 0.1) is 5.02 Å². The van der Waals surface area contributed by atoms with Crippen molar-refractivity contribution in [1.82, 2.24) is 4.90 Å². The Bertz CT molecular complexity index is 404. The number of halogens is 2. The SMILES string of the molecule is CC(CN)N(C)C(=O)CCSc1ccccc1Cl.Cl. The van der Waals surface area contributed by atoms with Crippen molar-refractivity contribution in [3.63, 3.8) is 0 Å². The summed E-state index contributed by atoms with van der Waals surface area (Å²) < 4.78 is 0. The molecular formula is C13H20Cl2N2OS. The lowest BCUT2D eigenvalue weighted by Crippen LogP contribution is -2.39. The number of carbonyl (C=O) groups excluding carboxylic acids is 1. The van der Waals surface area contributed by atoms with Gasteiger partial charge in [-0.05, 0) is 19.1 Å². The maximum Gasteiger partial charge on any atom is 0.223 e. The second kappa shape index (κ2) is 9.48. The highest BCUT2D eigenvalue weighted by molar-refractivity contribution is 7.99. The largest absolute Gasteiger partial charge is 0.342 e. The normalized spacial score (nSPS) is 11.6. The van der Waals surface area contributed by atoms with Crippen molar-refractivity contribution in [2.75, 3.05) is 19.3 Å². The van der Waals surface area contributed by atoms with Crippen LogP contribution < -0.4 is 5.73 Å². The van der Waals surface area contributed by atoms with Crippen LogP contribution in [0.5, 0.6) is 0 Å². The molecule has 1 aromatic rings. The van der Waals surface area contributed by atoms with Crippen molar-refractivity contribution >= 4 is 41.7 Å². The van der Waals surface area contributed by atoms with Crippen LogP contribution in [0.15, 0.2) is 29.2 Å². The second-order valence-corrected chi connectivity index (χ2v) is 5.66. The number of nitrogens with zero attached hydrogens (tertiary/aromatic N) is 1. The van der Waals surface area contributed by atoms with Crippen LogP contribution >= 0.6 is 35.8 Å². The van der Waals surface area contributed by atoms with E-state index in [0.29, 0.717) is 13.0 Å². The molecule has 1 unspecified atom stereocenters. The number of amides is 1. The summed E-state index contributed by atoms with van der Waals surface area (Å²) in [7, 11) is 1.79. The molecule has 2 N–H and O–H groups in total. The maximum absolute atomic E-state index is 11.8. The number of carbonyl (C=O) groups is 1. The molecule has 1 rings (SSSR count). The Kier molecular flexibility index (Phi) is 9.27. The number of hydrogen-bond donors (Lipinski definition) is 1. The zero-order valence-corrected chi connectivity index (χ0v) is 13.5. The molecule has 0 aliphatic heterocycles. The summed E-state index contributed by atoms with van der Waals surface area (Å²) in [5, 5.41) is 0.735. The minimum Gasteiger partial charge on any atom is -0.342 e. The van der Waals surface area contributed by atoms with Crippen molar-refractivity contribution in [2.45, 2.75) is 24.3 Å². The lowest BCUT2D eigenvalue weighted by atomic mass is 10.3. The van der Waals surface area contributed by atoms with Crippen molar-refractivity contribution in [3.05, 3.63) is 29.3 Å². The quantitative estimate of drug-likeness (QED) is 0.819. The highest BCUT2D eigenvalue weighted by Crippen LogP contribution is 2.27. The van der Waals surface area contributed by atoms with Gasteiger partial charge in [-0.3, -0.25) is 4.79 Å². The van der Waals surface area contributed by atoms with E-state index in [1.165, 1.54) is 0 Å². The van der Waals surface area contributed by atoms with Crippen LogP contribution in [0.25, 0.3) is 0 Å². The molecule has 0 radical (unpaired) electrons.